The summed E-state index contributed by atoms with van der Waals surface area (Å²) in [5.74, 6) is -1.33. The fourth-order valence-electron chi connectivity index (χ4n) is 1.04. The molecule has 1 aromatic rings. The van der Waals surface area contributed by atoms with Gasteiger partial charge in [-0.05, 0) is 5.56 Å². The molecule has 78 valence electrons. The number of rotatable bonds is 4. The van der Waals surface area contributed by atoms with E-state index in [0.717, 1.165) is 17.8 Å². The van der Waals surface area contributed by atoms with Crippen LogP contribution in [0.5, 0.6) is 0 Å². The largest absolute Gasteiger partial charge is 0.478 e. The Hall–Kier alpha value is -2.10. The molecule has 0 aliphatic carbocycles. The molecule has 1 rings (SSSR count). The van der Waals surface area contributed by atoms with Gasteiger partial charge in [-0.3, -0.25) is 4.79 Å². The first-order valence-electron chi connectivity index (χ1n) is 4.41. The number of hydrogen-bond donors (Lipinski definition) is 2. The summed E-state index contributed by atoms with van der Waals surface area (Å²) >= 11 is 0. The average Bonchev–Trinajstić information content (AvgIpc) is 2.18. The normalized spacial score (nSPS) is 10.1. The summed E-state index contributed by atoms with van der Waals surface area (Å²) in [5, 5.41) is 10.6. The molecule has 0 bridgehead atoms. The molecule has 1 aromatic carbocycles. The molecule has 0 unspecified atom stereocenters. The minimum absolute atomic E-state index is 0.237. The highest BCUT2D eigenvalue weighted by molar-refractivity contribution is 5.83. The fourth-order valence-corrected chi connectivity index (χ4v) is 1.04. The fraction of sp³-hybridized carbons (Fsp3) is 0.0909. The van der Waals surface area contributed by atoms with Crippen molar-refractivity contribution in [2.75, 3.05) is 0 Å². The van der Waals surface area contributed by atoms with E-state index in [0.29, 0.717) is 0 Å². The maximum Gasteiger partial charge on any atom is 0.329 e. The lowest BCUT2D eigenvalue weighted by Gasteiger charge is -1.99. The number of carboxylic acids is 1. The number of carbonyl (C=O) groups is 2. The summed E-state index contributed by atoms with van der Waals surface area (Å²) in [5.41, 5.74) is 0.888. The monoisotopic (exact) mass is 205 g/mol. The molecule has 0 aliphatic heterocycles. The predicted molar refractivity (Wildman–Crippen MR) is 55.1 cm³/mol. The lowest BCUT2D eigenvalue weighted by molar-refractivity contribution is -0.131. The number of amides is 1. The van der Waals surface area contributed by atoms with Crippen LogP contribution in [0, 0.1) is 0 Å². The summed E-state index contributed by atoms with van der Waals surface area (Å²) in [4.78, 5) is 21.3. The number of nitrogens with one attached hydrogen (secondary N) is 1. The van der Waals surface area contributed by atoms with Crippen molar-refractivity contribution in [3.63, 3.8) is 0 Å². The van der Waals surface area contributed by atoms with Gasteiger partial charge in [0.25, 0.3) is 0 Å². The van der Waals surface area contributed by atoms with E-state index in [1.165, 1.54) is 0 Å². The van der Waals surface area contributed by atoms with Crippen LogP contribution in [0.3, 0.4) is 0 Å². The number of benzene rings is 1. The highest BCUT2D eigenvalue weighted by Crippen LogP contribution is 1.98. The molecule has 0 fully saturated rings. The van der Waals surface area contributed by atoms with Crippen molar-refractivity contribution in [1.82, 2.24) is 5.32 Å². The van der Waals surface area contributed by atoms with E-state index in [1.807, 2.05) is 30.3 Å². The average molecular weight is 205 g/mol. The third kappa shape index (κ3) is 4.61. The van der Waals surface area contributed by atoms with Crippen LogP contribution in [-0.2, 0) is 16.0 Å². The lowest BCUT2D eigenvalue weighted by atomic mass is 10.1. The van der Waals surface area contributed by atoms with E-state index in [-0.39, 0.29) is 12.3 Å². The van der Waals surface area contributed by atoms with E-state index in [9.17, 15) is 9.59 Å². The number of carbonyl (C=O) groups excluding carboxylic acids is 1. The van der Waals surface area contributed by atoms with Crippen molar-refractivity contribution in [3.8, 4) is 0 Å². The molecule has 1 amide bonds. The molecule has 4 heteroatoms. The molecule has 0 saturated carbocycles. The Balaban J connectivity index is 2.40. The second kappa shape index (κ2) is 5.59. The van der Waals surface area contributed by atoms with E-state index < -0.39 is 5.97 Å². The maximum atomic E-state index is 11.2. The molecule has 0 radical (unpaired) electrons. The van der Waals surface area contributed by atoms with Crippen molar-refractivity contribution >= 4 is 11.9 Å². The quantitative estimate of drug-likeness (QED) is 0.719. The van der Waals surface area contributed by atoms with Gasteiger partial charge < -0.3 is 10.4 Å². The Morgan fingerprint density at radius 3 is 2.53 bits per heavy atom. The molecule has 0 heterocycles. The molecule has 2 N–H and O–H groups in total. The van der Waals surface area contributed by atoms with E-state index in [4.69, 9.17) is 5.11 Å². The number of aliphatic carboxylic acids is 1. The molecule has 0 saturated heterocycles. The summed E-state index contributed by atoms with van der Waals surface area (Å²) in [6.07, 6.45) is 2.24. The minimum Gasteiger partial charge on any atom is -0.478 e. The van der Waals surface area contributed by atoms with Gasteiger partial charge in [-0.15, -0.1) is 0 Å². The van der Waals surface area contributed by atoms with Gasteiger partial charge in [0.15, 0.2) is 0 Å². The zero-order valence-electron chi connectivity index (χ0n) is 8.01. The van der Waals surface area contributed by atoms with Crippen molar-refractivity contribution < 1.29 is 14.7 Å². The van der Waals surface area contributed by atoms with Gasteiger partial charge in [-0.1, -0.05) is 30.3 Å². The summed E-state index contributed by atoms with van der Waals surface area (Å²) in [6, 6.07) is 9.22. The third-order valence-electron chi connectivity index (χ3n) is 1.68. The minimum atomic E-state index is -1.09. The first kappa shape index (κ1) is 11.0. The Morgan fingerprint density at radius 2 is 1.93 bits per heavy atom. The molecular weight excluding hydrogens is 194 g/mol. The Morgan fingerprint density at radius 1 is 1.27 bits per heavy atom. The molecule has 15 heavy (non-hydrogen) atoms. The van der Waals surface area contributed by atoms with E-state index in [2.05, 4.69) is 5.32 Å². The van der Waals surface area contributed by atoms with Crippen molar-refractivity contribution in [2.45, 2.75) is 6.42 Å². The van der Waals surface area contributed by atoms with Gasteiger partial charge in [0.05, 0.1) is 6.42 Å². The van der Waals surface area contributed by atoms with Crippen LogP contribution in [0.15, 0.2) is 42.6 Å². The first-order chi connectivity index (χ1) is 7.18. The van der Waals surface area contributed by atoms with Crippen LogP contribution in [0.25, 0.3) is 0 Å². The summed E-state index contributed by atoms with van der Waals surface area (Å²) in [7, 11) is 0. The Bertz CT molecular complexity index is 371. The third-order valence-corrected chi connectivity index (χ3v) is 1.68. The van der Waals surface area contributed by atoms with Crippen molar-refractivity contribution in [1.29, 1.82) is 0 Å². The Labute approximate surface area is 87.2 Å². The number of hydrogen-bond acceptors (Lipinski definition) is 2. The second-order valence-electron chi connectivity index (χ2n) is 2.90. The van der Waals surface area contributed by atoms with Crippen LogP contribution >= 0.6 is 0 Å². The smallest absolute Gasteiger partial charge is 0.329 e. The van der Waals surface area contributed by atoms with E-state index >= 15 is 0 Å². The van der Waals surface area contributed by atoms with E-state index in [1.54, 1.807) is 0 Å². The van der Waals surface area contributed by atoms with Crippen molar-refractivity contribution in [3.05, 3.63) is 48.2 Å². The molecule has 4 nitrogen and oxygen atoms in total. The zero-order chi connectivity index (χ0) is 11.1. The predicted octanol–water partition coefficient (Wildman–Crippen LogP) is 0.944. The number of carboxylic acid groups (broad SMARTS) is 1. The van der Waals surface area contributed by atoms with Crippen molar-refractivity contribution in [2.24, 2.45) is 0 Å². The standard InChI is InChI=1S/C11H11NO3/c13-10(12-7-6-11(14)15)8-9-4-2-1-3-5-9/h1-7H,8H2,(H,12,13)(H,14,15)/b7-6+. The first-order valence-corrected chi connectivity index (χ1v) is 4.41. The summed E-state index contributed by atoms with van der Waals surface area (Å²) < 4.78 is 0. The van der Waals surface area contributed by atoms with Gasteiger partial charge in [0.1, 0.15) is 0 Å². The van der Waals surface area contributed by atoms with Crippen LogP contribution in [0.4, 0.5) is 0 Å². The second-order valence-corrected chi connectivity index (χ2v) is 2.90. The molecule has 0 atom stereocenters. The van der Waals surface area contributed by atoms with Crippen LogP contribution in [0.1, 0.15) is 5.56 Å². The highest BCUT2D eigenvalue weighted by Gasteiger charge is 1.99. The van der Waals surface area contributed by atoms with Gasteiger partial charge in [-0.25, -0.2) is 4.79 Å². The molecule has 0 spiro atoms. The highest BCUT2D eigenvalue weighted by atomic mass is 16.4. The zero-order valence-corrected chi connectivity index (χ0v) is 8.01. The lowest BCUT2D eigenvalue weighted by Crippen LogP contribution is -2.19. The van der Waals surface area contributed by atoms with Crippen LogP contribution in [0.2, 0.25) is 0 Å². The molecular formula is C11H11NO3. The topological polar surface area (TPSA) is 66.4 Å². The Kier molecular flexibility index (Phi) is 4.09. The van der Waals surface area contributed by atoms with Crippen LogP contribution in [-0.4, -0.2) is 17.0 Å². The molecule has 0 aliphatic rings. The van der Waals surface area contributed by atoms with Gasteiger partial charge >= 0.3 is 5.97 Å². The maximum absolute atomic E-state index is 11.2. The summed E-state index contributed by atoms with van der Waals surface area (Å²) in [6.45, 7) is 0. The SMILES string of the molecule is O=C(O)/C=C/NC(=O)Cc1ccccc1. The van der Waals surface area contributed by atoms with Gasteiger partial charge in [0.2, 0.25) is 5.91 Å². The molecule has 0 aromatic heterocycles. The van der Waals surface area contributed by atoms with Gasteiger partial charge in [-0.2, -0.15) is 0 Å². The van der Waals surface area contributed by atoms with Gasteiger partial charge in [0, 0.05) is 12.3 Å². The van der Waals surface area contributed by atoms with Crippen LogP contribution < -0.4 is 5.32 Å².